The minimum absolute atomic E-state index is 0.00130. The molecule has 35 heavy (non-hydrogen) atoms. The van der Waals surface area contributed by atoms with E-state index in [1.165, 1.54) is 31.2 Å². The summed E-state index contributed by atoms with van der Waals surface area (Å²) < 4.78 is 18.4. The number of halogens is 1. The first-order valence-electron chi connectivity index (χ1n) is 11.1. The molecule has 1 aliphatic rings. The molecular weight excluding hydrogens is 451 g/mol. The van der Waals surface area contributed by atoms with Gasteiger partial charge in [0.2, 0.25) is 0 Å². The van der Waals surface area contributed by atoms with Gasteiger partial charge in [0.25, 0.3) is 17.7 Å². The molecule has 2 atom stereocenters. The van der Waals surface area contributed by atoms with E-state index in [2.05, 4.69) is 5.32 Å². The number of ether oxygens (including phenoxy) is 1. The molecule has 1 heterocycles. The second-order valence-corrected chi connectivity index (χ2v) is 8.27. The van der Waals surface area contributed by atoms with Gasteiger partial charge in [-0.2, -0.15) is 0 Å². The Balaban J connectivity index is 1.38. The zero-order chi connectivity index (χ0) is 25.1. The van der Waals surface area contributed by atoms with Gasteiger partial charge < -0.3 is 10.1 Å². The zero-order valence-corrected chi connectivity index (χ0v) is 19.2. The first-order valence-corrected chi connectivity index (χ1v) is 11.1. The fourth-order valence-corrected chi connectivity index (χ4v) is 3.81. The highest BCUT2D eigenvalue weighted by atomic mass is 19.1. The Morgan fingerprint density at radius 2 is 1.54 bits per heavy atom. The van der Waals surface area contributed by atoms with Gasteiger partial charge in [0.15, 0.2) is 6.10 Å². The van der Waals surface area contributed by atoms with Crippen molar-refractivity contribution in [2.24, 2.45) is 0 Å². The number of rotatable bonds is 7. The molecule has 0 aliphatic carbocycles. The number of benzene rings is 3. The number of amides is 3. The number of imide groups is 1. The average Bonchev–Trinajstić information content (AvgIpc) is 3.09. The maximum absolute atomic E-state index is 13.1. The van der Waals surface area contributed by atoms with Crippen LogP contribution in [0.2, 0.25) is 0 Å². The predicted molar refractivity (Wildman–Crippen MR) is 125 cm³/mol. The number of carbonyl (C=O) groups is 4. The smallest absolute Gasteiger partial charge is 0.338 e. The molecule has 1 aliphatic heterocycles. The van der Waals surface area contributed by atoms with E-state index in [0.717, 1.165) is 4.90 Å². The molecule has 0 bridgehead atoms. The van der Waals surface area contributed by atoms with Gasteiger partial charge in [0.05, 0.1) is 29.3 Å². The molecule has 178 valence electrons. The SMILES string of the molecule is CC(OC(=O)c1cccc(CN2C(=O)c3ccccc3C2=O)c1)C(=O)NC(C)c1ccc(F)cc1. The lowest BCUT2D eigenvalue weighted by Crippen LogP contribution is -2.37. The molecule has 7 nitrogen and oxygen atoms in total. The molecule has 8 heteroatoms. The van der Waals surface area contributed by atoms with Crippen LogP contribution in [0.15, 0.2) is 72.8 Å². The first kappa shape index (κ1) is 23.8. The van der Waals surface area contributed by atoms with Gasteiger partial charge in [-0.05, 0) is 61.4 Å². The molecule has 3 aromatic rings. The molecule has 4 rings (SSSR count). The van der Waals surface area contributed by atoms with Crippen LogP contribution in [0.5, 0.6) is 0 Å². The molecule has 0 aromatic heterocycles. The van der Waals surface area contributed by atoms with Crippen LogP contribution in [-0.2, 0) is 16.1 Å². The van der Waals surface area contributed by atoms with Crippen LogP contribution in [0.25, 0.3) is 0 Å². The van der Waals surface area contributed by atoms with E-state index in [1.54, 1.807) is 55.5 Å². The molecule has 0 saturated carbocycles. The average molecular weight is 474 g/mol. The Labute approximate surface area is 201 Å². The van der Waals surface area contributed by atoms with Gasteiger partial charge in [-0.25, -0.2) is 9.18 Å². The Morgan fingerprint density at radius 1 is 0.914 bits per heavy atom. The summed E-state index contributed by atoms with van der Waals surface area (Å²) in [6, 6.07) is 18.3. The van der Waals surface area contributed by atoms with Crippen molar-refractivity contribution in [2.45, 2.75) is 32.5 Å². The van der Waals surface area contributed by atoms with Crippen molar-refractivity contribution >= 4 is 23.7 Å². The summed E-state index contributed by atoms with van der Waals surface area (Å²) in [7, 11) is 0. The van der Waals surface area contributed by atoms with Crippen molar-refractivity contribution < 1.29 is 28.3 Å². The largest absolute Gasteiger partial charge is 0.449 e. The molecule has 0 radical (unpaired) electrons. The summed E-state index contributed by atoms with van der Waals surface area (Å²) in [5, 5.41) is 2.73. The van der Waals surface area contributed by atoms with Crippen LogP contribution in [0.1, 0.15) is 62.1 Å². The molecule has 3 aromatic carbocycles. The van der Waals surface area contributed by atoms with Gasteiger partial charge in [-0.1, -0.05) is 36.4 Å². The van der Waals surface area contributed by atoms with Crippen molar-refractivity contribution in [3.63, 3.8) is 0 Å². The highest BCUT2D eigenvalue weighted by molar-refractivity contribution is 6.21. The van der Waals surface area contributed by atoms with Crippen LogP contribution in [0, 0.1) is 5.82 Å². The summed E-state index contributed by atoms with van der Waals surface area (Å²) in [6.45, 7) is 3.19. The minimum atomic E-state index is -1.08. The normalized spacial score (nSPS) is 14.3. The molecule has 0 fully saturated rings. The second kappa shape index (κ2) is 9.89. The van der Waals surface area contributed by atoms with E-state index in [4.69, 9.17) is 4.74 Å². The van der Waals surface area contributed by atoms with Crippen LogP contribution in [0.3, 0.4) is 0 Å². The maximum atomic E-state index is 13.1. The molecule has 2 unspecified atom stereocenters. The monoisotopic (exact) mass is 474 g/mol. The Bertz CT molecular complexity index is 1270. The number of nitrogens with one attached hydrogen (secondary N) is 1. The highest BCUT2D eigenvalue weighted by Gasteiger charge is 2.35. The lowest BCUT2D eigenvalue weighted by atomic mass is 10.1. The predicted octanol–water partition coefficient (Wildman–Crippen LogP) is 4.04. The van der Waals surface area contributed by atoms with E-state index in [1.807, 2.05) is 0 Å². The third kappa shape index (κ3) is 5.11. The van der Waals surface area contributed by atoms with Crippen LogP contribution in [-0.4, -0.2) is 34.7 Å². The second-order valence-electron chi connectivity index (χ2n) is 8.27. The summed E-state index contributed by atoms with van der Waals surface area (Å²) in [6.07, 6.45) is -1.08. The van der Waals surface area contributed by atoms with Gasteiger partial charge in [0.1, 0.15) is 5.82 Å². The standard InChI is InChI=1S/C27H23FN2O5/c1-16(19-10-12-21(28)13-11-19)29-24(31)17(2)35-27(34)20-7-5-6-18(14-20)15-30-25(32)22-8-3-4-9-23(22)26(30)33/h3-14,16-17H,15H2,1-2H3,(H,29,31). The number of carbonyl (C=O) groups excluding carboxylic acids is 4. The third-order valence-electron chi connectivity index (χ3n) is 5.76. The Hall–Kier alpha value is -4.33. The Morgan fingerprint density at radius 3 is 2.17 bits per heavy atom. The number of nitrogens with zero attached hydrogens (tertiary/aromatic N) is 1. The van der Waals surface area contributed by atoms with Crippen molar-refractivity contribution in [3.8, 4) is 0 Å². The van der Waals surface area contributed by atoms with Gasteiger partial charge >= 0.3 is 5.97 Å². The van der Waals surface area contributed by atoms with Crippen LogP contribution < -0.4 is 5.32 Å². The first-order chi connectivity index (χ1) is 16.7. The molecule has 0 spiro atoms. The fraction of sp³-hybridized carbons (Fsp3) is 0.185. The molecule has 1 N–H and O–H groups in total. The highest BCUT2D eigenvalue weighted by Crippen LogP contribution is 2.24. The van der Waals surface area contributed by atoms with Crippen LogP contribution >= 0.6 is 0 Å². The minimum Gasteiger partial charge on any atom is -0.449 e. The number of hydrogen-bond donors (Lipinski definition) is 1. The molecule has 0 saturated heterocycles. The lowest BCUT2D eigenvalue weighted by molar-refractivity contribution is -0.129. The van der Waals surface area contributed by atoms with E-state index in [9.17, 15) is 23.6 Å². The van der Waals surface area contributed by atoms with E-state index in [0.29, 0.717) is 22.3 Å². The van der Waals surface area contributed by atoms with Gasteiger partial charge in [-0.15, -0.1) is 0 Å². The summed E-state index contributed by atoms with van der Waals surface area (Å²) in [5.41, 5.74) is 2.16. The van der Waals surface area contributed by atoms with Crippen molar-refractivity contribution in [1.82, 2.24) is 10.2 Å². The molecule has 3 amide bonds. The third-order valence-corrected chi connectivity index (χ3v) is 5.76. The van der Waals surface area contributed by atoms with Crippen molar-refractivity contribution in [1.29, 1.82) is 0 Å². The topological polar surface area (TPSA) is 92.8 Å². The lowest BCUT2D eigenvalue weighted by Gasteiger charge is -2.19. The zero-order valence-electron chi connectivity index (χ0n) is 19.2. The van der Waals surface area contributed by atoms with Crippen LogP contribution in [0.4, 0.5) is 4.39 Å². The number of fused-ring (bicyclic) bond motifs is 1. The summed E-state index contributed by atoms with van der Waals surface area (Å²) in [5.74, 6) is -2.37. The summed E-state index contributed by atoms with van der Waals surface area (Å²) >= 11 is 0. The number of hydrogen-bond acceptors (Lipinski definition) is 5. The number of esters is 1. The van der Waals surface area contributed by atoms with E-state index < -0.39 is 24.0 Å². The summed E-state index contributed by atoms with van der Waals surface area (Å²) in [4.78, 5) is 51.5. The van der Waals surface area contributed by atoms with Crippen molar-refractivity contribution in [3.05, 3.63) is 106 Å². The van der Waals surface area contributed by atoms with E-state index >= 15 is 0 Å². The van der Waals surface area contributed by atoms with Gasteiger partial charge in [-0.3, -0.25) is 19.3 Å². The van der Waals surface area contributed by atoms with Crippen molar-refractivity contribution in [2.75, 3.05) is 0 Å². The molecular formula is C27H23FN2O5. The fourth-order valence-electron chi connectivity index (χ4n) is 3.81. The maximum Gasteiger partial charge on any atom is 0.338 e. The van der Waals surface area contributed by atoms with E-state index in [-0.39, 0.29) is 29.7 Å². The Kier molecular flexibility index (Phi) is 6.73. The quantitative estimate of drug-likeness (QED) is 0.412. The van der Waals surface area contributed by atoms with Gasteiger partial charge in [0, 0.05) is 0 Å².